The molecule has 116 valence electrons. The van der Waals surface area contributed by atoms with Crippen molar-refractivity contribution >= 4 is 5.91 Å². The van der Waals surface area contributed by atoms with Gasteiger partial charge in [0.1, 0.15) is 11.5 Å². The van der Waals surface area contributed by atoms with Gasteiger partial charge < -0.3 is 20.1 Å². The summed E-state index contributed by atoms with van der Waals surface area (Å²) in [7, 11) is 0. The van der Waals surface area contributed by atoms with Gasteiger partial charge in [0.05, 0.1) is 6.61 Å². The van der Waals surface area contributed by atoms with E-state index in [1.54, 1.807) is 0 Å². The minimum absolute atomic E-state index is 0.0207. The molecule has 0 spiro atoms. The molecule has 1 aromatic carbocycles. The molecule has 0 bridgehead atoms. The average molecular weight is 292 g/mol. The molecule has 1 aliphatic heterocycles. The SMILES string of the molecule is CCOc1ccc(OCC(=O)N2CC(CN)CC2C)cc1. The standard InChI is InChI=1S/C16H24N2O3/c1-3-20-14-4-6-15(7-5-14)21-11-16(19)18-10-13(9-17)8-12(18)2/h4-7,12-13H,3,8-11,17H2,1-2H3. The van der Waals surface area contributed by atoms with Crippen LogP contribution in [-0.4, -0.2) is 43.2 Å². The number of hydrogen-bond donors (Lipinski definition) is 1. The van der Waals surface area contributed by atoms with Gasteiger partial charge in [-0.3, -0.25) is 4.79 Å². The first-order chi connectivity index (χ1) is 10.1. The van der Waals surface area contributed by atoms with Crippen molar-refractivity contribution < 1.29 is 14.3 Å². The molecule has 2 rings (SSSR count). The molecule has 0 radical (unpaired) electrons. The molecule has 21 heavy (non-hydrogen) atoms. The highest BCUT2D eigenvalue weighted by Crippen LogP contribution is 2.22. The van der Waals surface area contributed by atoms with Crippen molar-refractivity contribution in [2.24, 2.45) is 11.7 Å². The molecule has 0 aliphatic carbocycles. The minimum Gasteiger partial charge on any atom is -0.494 e. The van der Waals surface area contributed by atoms with E-state index >= 15 is 0 Å². The molecule has 0 aromatic heterocycles. The Labute approximate surface area is 126 Å². The zero-order chi connectivity index (χ0) is 15.2. The quantitative estimate of drug-likeness (QED) is 0.866. The topological polar surface area (TPSA) is 64.8 Å². The van der Waals surface area contributed by atoms with Crippen LogP contribution in [0.4, 0.5) is 0 Å². The number of carbonyl (C=O) groups is 1. The van der Waals surface area contributed by atoms with E-state index in [1.165, 1.54) is 0 Å². The second-order valence-electron chi connectivity index (χ2n) is 5.43. The van der Waals surface area contributed by atoms with Crippen molar-refractivity contribution in [1.82, 2.24) is 4.90 Å². The van der Waals surface area contributed by atoms with Crippen LogP contribution in [0.2, 0.25) is 0 Å². The van der Waals surface area contributed by atoms with Crippen LogP contribution in [0, 0.1) is 5.92 Å². The Morgan fingerprint density at radius 1 is 1.29 bits per heavy atom. The third-order valence-corrected chi connectivity index (χ3v) is 3.81. The molecule has 1 aliphatic rings. The lowest BCUT2D eigenvalue weighted by molar-refractivity contribution is -0.134. The monoisotopic (exact) mass is 292 g/mol. The van der Waals surface area contributed by atoms with E-state index in [0.29, 0.717) is 24.8 Å². The van der Waals surface area contributed by atoms with Gasteiger partial charge in [-0.25, -0.2) is 0 Å². The van der Waals surface area contributed by atoms with Gasteiger partial charge in [-0.2, -0.15) is 0 Å². The number of nitrogens with two attached hydrogens (primary N) is 1. The number of nitrogens with zero attached hydrogens (tertiary/aromatic N) is 1. The van der Waals surface area contributed by atoms with Crippen molar-refractivity contribution in [3.05, 3.63) is 24.3 Å². The van der Waals surface area contributed by atoms with E-state index in [9.17, 15) is 4.79 Å². The third-order valence-electron chi connectivity index (χ3n) is 3.81. The highest BCUT2D eigenvalue weighted by atomic mass is 16.5. The van der Waals surface area contributed by atoms with Crippen LogP contribution in [-0.2, 0) is 4.79 Å². The number of likely N-dealkylation sites (tertiary alicyclic amines) is 1. The molecule has 2 atom stereocenters. The van der Waals surface area contributed by atoms with Gasteiger partial charge in [-0.05, 0) is 57.0 Å². The van der Waals surface area contributed by atoms with Crippen LogP contribution >= 0.6 is 0 Å². The van der Waals surface area contributed by atoms with Crippen molar-refractivity contribution in [2.75, 3.05) is 26.3 Å². The molecular weight excluding hydrogens is 268 g/mol. The van der Waals surface area contributed by atoms with Gasteiger partial charge in [0.15, 0.2) is 6.61 Å². The molecule has 1 aromatic rings. The maximum Gasteiger partial charge on any atom is 0.260 e. The third kappa shape index (κ3) is 4.11. The van der Waals surface area contributed by atoms with Gasteiger partial charge in [0.25, 0.3) is 5.91 Å². The lowest BCUT2D eigenvalue weighted by Gasteiger charge is -2.21. The largest absolute Gasteiger partial charge is 0.494 e. The van der Waals surface area contributed by atoms with Gasteiger partial charge in [0.2, 0.25) is 0 Å². The molecule has 5 heteroatoms. The Kier molecular flexibility index (Phi) is 5.44. The lowest BCUT2D eigenvalue weighted by atomic mass is 10.1. The summed E-state index contributed by atoms with van der Waals surface area (Å²) in [6.07, 6.45) is 0.977. The number of rotatable bonds is 6. The molecule has 1 amide bonds. The number of amides is 1. The van der Waals surface area contributed by atoms with Gasteiger partial charge in [-0.15, -0.1) is 0 Å². The molecule has 2 unspecified atom stereocenters. The molecule has 2 N–H and O–H groups in total. The predicted molar refractivity (Wildman–Crippen MR) is 81.4 cm³/mol. The van der Waals surface area contributed by atoms with Crippen LogP contribution < -0.4 is 15.2 Å². The second kappa shape index (κ2) is 7.31. The van der Waals surface area contributed by atoms with Crippen molar-refractivity contribution in [3.63, 3.8) is 0 Å². The summed E-state index contributed by atoms with van der Waals surface area (Å²) in [6.45, 7) is 6.07. The predicted octanol–water partition coefficient (Wildman–Crippen LogP) is 1.66. The molecular formula is C16H24N2O3. The second-order valence-corrected chi connectivity index (χ2v) is 5.43. The first-order valence-corrected chi connectivity index (χ1v) is 7.49. The summed E-state index contributed by atoms with van der Waals surface area (Å²) >= 11 is 0. The Morgan fingerprint density at radius 2 is 1.90 bits per heavy atom. The van der Waals surface area contributed by atoms with E-state index in [2.05, 4.69) is 6.92 Å². The van der Waals surface area contributed by atoms with Gasteiger partial charge in [-0.1, -0.05) is 0 Å². The van der Waals surface area contributed by atoms with E-state index < -0.39 is 0 Å². The fourth-order valence-corrected chi connectivity index (χ4v) is 2.69. The average Bonchev–Trinajstić information content (AvgIpc) is 2.88. The first-order valence-electron chi connectivity index (χ1n) is 7.49. The maximum atomic E-state index is 12.2. The fourth-order valence-electron chi connectivity index (χ4n) is 2.69. The van der Waals surface area contributed by atoms with E-state index in [-0.39, 0.29) is 18.6 Å². The number of benzene rings is 1. The first kappa shape index (κ1) is 15.6. The van der Waals surface area contributed by atoms with Crippen molar-refractivity contribution in [2.45, 2.75) is 26.3 Å². The van der Waals surface area contributed by atoms with E-state index in [4.69, 9.17) is 15.2 Å². The summed E-state index contributed by atoms with van der Waals surface area (Å²) in [5.74, 6) is 1.91. The smallest absolute Gasteiger partial charge is 0.260 e. The Bertz CT molecular complexity index is 461. The zero-order valence-corrected chi connectivity index (χ0v) is 12.7. The summed E-state index contributed by atoms with van der Waals surface area (Å²) in [6, 6.07) is 7.55. The maximum absolute atomic E-state index is 12.2. The Hall–Kier alpha value is -1.75. The van der Waals surface area contributed by atoms with Gasteiger partial charge in [0, 0.05) is 12.6 Å². The summed E-state index contributed by atoms with van der Waals surface area (Å²) < 4.78 is 10.9. The molecule has 1 fully saturated rings. The Balaban J connectivity index is 1.83. The van der Waals surface area contributed by atoms with Crippen LogP contribution in [0.25, 0.3) is 0 Å². The number of hydrogen-bond acceptors (Lipinski definition) is 4. The highest BCUT2D eigenvalue weighted by Gasteiger charge is 2.31. The van der Waals surface area contributed by atoms with Crippen LogP contribution in [0.15, 0.2) is 24.3 Å². The zero-order valence-electron chi connectivity index (χ0n) is 12.7. The molecule has 5 nitrogen and oxygen atoms in total. The van der Waals surface area contributed by atoms with Crippen molar-refractivity contribution in [1.29, 1.82) is 0 Å². The van der Waals surface area contributed by atoms with Crippen LogP contribution in [0.5, 0.6) is 11.5 Å². The summed E-state index contributed by atoms with van der Waals surface area (Å²) in [5, 5.41) is 0. The lowest BCUT2D eigenvalue weighted by Crippen LogP contribution is -2.37. The number of ether oxygens (including phenoxy) is 2. The van der Waals surface area contributed by atoms with Gasteiger partial charge >= 0.3 is 0 Å². The molecule has 0 saturated carbocycles. The van der Waals surface area contributed by atoms with E-state index in [1.807, 2.05) is 36.1 Å². The van der Waals surface area contributed by atoms with Crippen molar-refractivity contribution in [3.8, 4) is 11.5 Å². The highest BCUT2D eigenvalue weighted by molar-refractivity contribution is 5.78. The fraction of sp³-hybridized carbons (Fsp3) is 0.562. The molecule has 1 saturated heterocycles. The molecule has 1 heterocycles. The summed E-state index contributed by atoms with van der Waals surface area (Å²) in [5.41, 5.74) is 5.68. The van der Waals surface area contributed by atoms with E-state index in [0.717, 1.165) is 18.7 Å². The number of carbonyl (C=O) groups excluding carboxylic acids is 1. The normalized spacial score (nSPS) is 21.4. The van der Waals surface area contributed by atoms with Crippen LogP contribution in [0.3, 0.4) is 0 Å². The Morgan fingerprint density at radius 3 is 2.43 bits per heavy atom. The summed E-state index contributed by atoms with van der Waals surface area (Å²) in [4.78, 5) is 14.1. The minimum atomic E-state index is 0.0207. The van der Waals surface area contributed by atoms with Crippen LogP contribution in [0.1, 0.15) is 20.3 Å².